The summed E-state index contributed by atoms with van der Waals surface area (Å²) in [6.07, 6.45) is 1.66. The van der Waals surface area contributed by atoms with Crippen molar-refractivity contribution in [2.45, 2.75) is 24.7 Å². The van der Waals surface area contributed by atoms with E-state index in [0.717, 1.165) is 24.2 Å². The number of halogens is 1. The highest BCUT2D eigenvalue weighted by atomic mass is 35.5. The van der Waals surface area contributed by atoms with Crippen LogP contribution in [0.4, 0.5) is 5.69 Å². The number of carbonyl (C=O) groups excluding carboxylic acids is 1. The lowest BCUT2D eigenvalue weighted by Crippen LogP contribution is -2.28. The molecule has 2 aromatic carbocycles. The lowest BCUT2D eigenvalue weighted by atomic mass is 10.3. The van der Waals surface area contributed by atoms with Crippen molar-refractivity contribution in [3.05, 3.63) is 71.0 Å². The molecule has 0 saturated carbocycles. The number of anilines is 1. The molecule has 0 spiro atoms. The normalized spacial score (nSPS) is 14.7. The van der Waals surface area contributed by atoms with Gasteiger partial charge in [0, 0.05) is 24.5 Å². The predicted molar refractivity (Wildman–Crippen MR) is 116 cm³/mol. The van der Waals surface area contributed by atoms with E-state index in [1.165, 1.54) is 16.4 Å². The maximum atomic E-state index is 12.9. The molecule has 7 nitrogen and oxygen atoms in total. The maximum Gasteiger partial charge on any atom is 0.276 e. The van der Waals surface area contributed by atoms with Gasteiger partial charge < -0.3 is 5.32 Å². The van der Waals surface area contributed by atoms with Crippen LogP contribution in [0.25, 0.3) is 5.69 Å². The number of nitrogens with one attached hydrogen (secondary N) is 1. The van der Waals surface area contributed by atoms with Gasteiger partial charge in [-0.3, -0.25) is 4.79 Å². The number of hydrogen-bond acceptors (Lipinski definition) is 4. The molecule has 0 unspecified atom stereocenters. The van der Waals surface area contributed by atoms with Crippen molar-refractivity contribution in [3.63, 3.8) is 0 Å². The van der Waals surface area contributed by atoms with Crippen LogP contribution in [-0.2, 0) is 10.0 Å². The largest absolute Gasteiger partial charge is 0.321 e. The zero-order valence-electron chi connectivity index (χ0n) is 16.4. The summed E-state index contributed by atoms with van der Waals surface area (Å²) in [4.78, 5) is 12.7. The summed E-state index contributed by atoms with van der Waals surface area (Å²) in [6.45, 7) is 2.82. The summed E-state index contributed by atoms with van der Waals surface area (Å²) in [5.41, 5.74) is 2.23. The number of hydrogen-bond donors (Lipinski definition) is 1. The van der Waals surface area contributed by atoms with Crippen LogP contribution in [0.2, 0.25) is 5.02 Å². The third kappa shape index (κ3) is 3.98. The Morgan fingerprint density at radius 1 is 1.07 bits per heavy atom. The van der Waals surface area contributed by atoms with Gasteiger partial charge in [-0.2, -0.15) is 9.40 Å². The van der Waals surface area contributed by atoms with E-state index >= 15 is 0 Å². The molecule has 1 amide bonds. The van der Waals surface area contributed by atoms with Crippen molar-refractivity contribution < 1.29 is 13.2 Å². The van der Waals surface area contributed by atoms with E-state index in [2.05, 4.69) is 10.4 Å². The van der Waals surface area contributed by atoms with E-state index in [1.54, 1.807) is 16.8 Å². The van der Waals surface area contributed by atoms with Crippen LogP contribution in [0.3, 0.4) is 0 Å². The van der Waals surface area contributed by atoms with Crippen molar-refractivity contribution in [3.8, 4) is 5.69 Å². The Bertz CT molecular complexity index is 1190. The van der Waals surface area contributed by atoms with Gasteiger partial charge in [0.1, 0.15) is 4.90 Å². The molecule has 3 aromatic rings. The molecule has 1 aromatic heterocycles. The highest BCUT2D eigenvalue weighted by Gasteiger charge is 2.29. The fourth-order valence-corrected chi connectivity index (χ4v) is 5.47. The molecule has 1 aliphatic heterocycles. The number of sulfonamides is 1. The molecule has 1 aliphatic rings. The lowest BCUT2D eigenvalue weighted by molar-refractivity contribution is 0.102. The van der Waals surface area contributed by atoms with Crippen LogP contribution in [-0.4, -0.2) is 41.5 Å². The van der Waals surface area contributed by atoms with Gasteiger partial charge in [-0.15, -0.1) is 0 Å². The van der Waals surface area contributed by atoms with E-state index in [9.17, 15) is 13.2 Å². The second-order valence-corrected chi connectivity index (χ2v) is 9.44. The average Bonchev–Trinajstić information content (AvgIpc) is 3.40. The molecule has 0 radical (unpaired) electrons. The number of carbonyl (C=O) groups is 1. The number of para-hydroxylation sites is 1. The molecular weight excluding hydrogens is 424 g/mol. The van der Waals surface area contributed by atoms with E-state index in [-0.39, 0.29) is 15.6 Å². The lowest BCUT2D eigenvalue weighted by Gasteiger charge is -2.17. The summed E-state index contributed by atoms with van der Waals surface area (Å²) >= 11 is 6.17. The van der Waals surface area contributed by atoms with Gasteiger partial charge in [-0.25, -0.2) is 13.1 Å². The van der Waals surface area contributed by atoms with E-state index in [0.29, 0.717) is 18.8 Å². The first-order chi connectivity index (χ1) is 14.4. The van der Waals surface area contributed by atoms with Gasteiger partial charge in [-0.1, -0.05) is 29.8 Å². The van der Waals surface area contributed by atoms with E-state index in [1.807, 2.05) is 37.3 Å². The number of aryl methyl sites for hydroxylation is 1. The first kappa shape index (κ1) is 20.6. The second-order valence-electron chi connectivity index (χ2n) is 7.13. The highest BCUT2D eigenvalue weighted by molar-refractivity contribution is 7.89. The van der Waals surface area contributed by atoms with Crippen LogP contribution in [0.15, 0.2) is 59.5 Å². The fraction of sp³-hybridized carbons (Fsp3) is 0.238. The van der Waals surface area contributed by atoms with E-state index in [4.69, 9.17) is 11.6 Å². The average molecular weight is 445 g/mol. The minimum atomic E-state index is -3.70. The Hall–Kier alpha value is -2.68. The van der Waals surface area contributed by atoms with Crippen LogP contribution in [0.1, 0.15) is 29.0 Å². The summed E-state index contributed by atoms with van der Waals surface area (Å²) in [6, 6.07) is 15.6. The summed E-state index contributed by atoms with van der Waals surface area (Å²) in [7, 11) is -3.70. The Labute approximate surface area is 180 Å². The third-order valence-corrected chi connectivity index (χ3v) is 7.37. The molecule has 1 fully saturated rings. The van der Waals surface area contributed by atoms with Gasteiger partial charge in [0.25, 0.3) is 5.91 Å². The summed E-state index contributed by atoms with van der Waals surface area (Å²) in [5, 5.41) is 7.23. The van der Waals surface area contributed by atoms with Gasteiger partial charge in [0.2, 0.25) is 10.0 Å². The van der Waals surface area contributed by atoms with Crippen LogP contribution < -0.4 is 5.32 Å². The Balaban J connectivity index is 1.59. The standard InChI is InChI=1S/C21H21ClN4O3S/c1-15-13-19(24-26(15)17-7-3-2-4-8-17)21(27)23-16-9-10-18(22)20(14-16)30(28,29)25-11-5-6-12-25/h2-4,7-10,13-14H,5-6,11-12H2,1H3,(H,23,27). The predicted octanol–water partition coefficient (Wildman–Crippen LogP) is 3.87. The molecule has 1 saturated heterocycles. The van der Waals surface area contributed by atoms with Crippen molar-refractivity contribution in [1.29, 1.82) is 0 Å². The van der Waals surface area contributed by atoms with Gasteiger partial charge in [0.15, 0.2) is 5.69 Å². The second kappa shape index (κ2) is 8.22. The van der Waals surface area contributed by atoms with Crippen LogP contribution in [0.5, 0.6) is 0 Å². The zero-order valence-corrected chi connectivity index (χ0v) is 17.9. The number of amides is 1. The van der Waals surface area contributed by atoms with Gasteiger partial charge >= 0.3 is 0 Å². The Morgan fingerprint density at radius 2 is 1.77 bits per heavy atom. The molecule has 2 heterocycles. The molecular formula is C21H21ClN4O3S. The number of nitrogens with zero attached hydrogens (tertiary/aromatic N) is 3. The van der Waals surface area contributed by atoms with Gasteiger partial charge in [-0.05, 0) is 56.2 Å². The number of aromatic nitrogens is 2. The monoisotopic (exact) mass is 444 g/mol. The fourth-order valence-electron chi connectivity index (χ4n) is 3.46. The topological polar surface area (TPSA) is 84.3 Å². The Kier molecular flexibility index (Phi) is 5.64. The molecule has 0 aliphatic carbocycles. The van der Waals surface area contributed by atoms with Crippen LogP contribution in [0, 0.1) is 6.92 Å². The van der Waals surface area contributed by atoms with Crippen molar-refractivity contribution in [2.24, 2.45) is 0 Å². The van der Waals surface area contributed by atoms with Gasteiger partial charge in [0.05, 0.1) is 10.7 Å². The molecule has 30 heavy (non-hydrogen) atoms. The molecule has 0 atom stereocenters. The highest BCUT2D eigenvalue weighted by Crippen LogP contribution is 2.29. The van der Waals surface area contributed by atoms with Crippen LogP contribution >= 0.6 is 11.6 Å². The molecule has 156 valence electrons. The minimum absolute atomic E-state index is 0.00476. The summed E-state index contributed by atoms with van der Waals surface area (Å²) in [5.74, 6) is -0.431. The first-order valence-corrected chi connectivity index (χ1v) is 11.4. The number of benzene rings is 2. The van der Waals surface area contributed by atoms with Crippen molar-refractivity contribution in [1.82, 2.24) is 14.1 Å². The maximum absolute atomic E-state index is 12.9. The van der Waals surface area contributed by atoms with E-state index < -0.39 is 15.9 Å². The van der Waals surface area contributed by atoms with Crippen molar-refractivity contribution in [2.75, 3.05) is 18.4 Å². The molecule has 0 bridgehead atoms. The zero-order chi connectivity index (χ0) is 21.3. The minimum Gasteiger partial charge on any atom is -0.321 e. The SMILES string of the molecule is Cc1cc(C(=O)Nc2ccc(Cl)c(S(=O)(=O)N3CCCC3)c2)nn1-c1ccccc1. The molecule has 4 rings (SSSR count). The summed E-state index contributed by atoms with van der Waals surface area (Å²) < 4.78 is 28.9. The quantitative estimate of drug-likeness (QED) is 0.647. The molecule has 1 N–H and O–H groups in total. The molecule has 9 heteroatoms. The number of rotatable bonds is 5. The smallest absolute Gasteiger partial charge is 0.276 e. The Morgan fingerprint density at radius 3 is 2.47 bits per heavy atom. The first-order valence-electron chi connectivity index (χ1n) is 9.59. The van der Waals surface area contributed by atoms with Crippen molar-refractivity contribution >= 4 is 33.2 Å². The third-order valence-electron chi connectivity index (χ3n) is 4.99.